The monoisotopic (exact) mass is 314 g/mol. The first-order valence-electron chi connectivity index (χ1n) is 6.75. The van der Waals surface area contributed by atoms with Crippen molar-refractivity contribution in [2.45, 2.75) is 43.3 Å². The molecule has 0 bridgehead atoms. The molecule has 21 heavy (non-hydrogen) atoms. The molecule has 0 radical (unpaired) electrons. The molecule has 0 unspecified atom stereocenters. The van der Waals surface area contributed by atoms with Crippen LogP contribution >= 0.6 is 0 Å². The fourth-order valence-corrected chi connectivity index (χ4v) is 4.81. The largest absolute Gasteiger partial charge is 0.480 e. The molecule has 0 heterocycles. The van der Waals surface area contributed by atoms with Gasteiger partial charge in [-0.3, -0.25) is 4.79 Å². The van der Waals surface area contributed by atoms with Crippen LogP contribution in [-0.2, 0) is 14.6 Å². The number of sulfone groups is 1. The third-order valence-corrected chi connectivity index (χ3v) is 6.85. The summed E-state index contributed by atoms with van der Waals surface area (Å²) in [5.74, 6) is -2.32. The molecule has 0 aliphatic heterocycles. The minimum atomic E-state index is -4.26. The summed E-state index contributed by atoms with van der Waals surface area (Å²) in [5.41, 5.74) is -0.177. The first-order chi connectivity index (χ1) is 9.52. The Labute approximate surface area is 123 Å². The molecule has 1 saturated carbocycles. The van der Waals surface area contributed by atoms with Gasteiger partial charge in [0, 0.05) is 0 Å². The number of hydrogen-bond donors (Lipinski definition) is 1. The summed E-state index contributed by atoms with van der Waals surface area (Å²) in [5, 5.41) is 9.45. The molecule has 0 saturated heterocycles. The van der Waals surface area contributed by atoms with Crippen molar-refractivity contribution >= 4 is 15.8 Å². The molecule has 2 rings (SSSR count). The molecule has 4 nitrogen and oxygen atoms in total. The topological polar surface area (TPSA) is 71.4 Å². The molecule has 1 aliphatic carbocycles. The summed E-state index contributed by atoms with van der Waals surface area (Å²) in [7, 11) is -4.26. The Morgan fingerprint density at radius 1 is 1.29 bits per heavy atom. The number of carbonyl (C=O) groups is 1. The number of rotatable bonds is 3. The minimum Gasteiger partial charge on any atom is -0.480 e. The highest BCUT2D eigenvalue weighted by Gasteiger charge is 2.62. The van der Waals surface area contributed by atoms with Gasteiger partial charge in [-0.15, -0.1) is 0 Å². The summed E-state index contributed by atoms with van der Waals surface area (Å²) in [6, 6.07) is 4.92. The lowest BCUT2D eigenvalue weighted by Gasteiger charge is -2.49. The maximum atomic E-state index is 13.8. The molecule has 1 aliphatic rings. The van der Waals surface area contributed by atoms with Gasteiger partial charge in [-0.05, 0) is 36.3 Å². The lowest BCUT2D eigenvalue weighted by molar-refractivity contribution is -0.145. The normalized spacial score (nSPS) is 26.2. The average molecular weight is 314 g/mol. The third kappa shape index (κ3) is 2.35. The van der Waals surface area contributed by atoms with Gasteiger partial charge in [-0.25, -0.2) is 12.8 Å². The van der Waals surface area contributed by atoms with Crippen LogP contribution in [-0.4, -0.2) is 24.2 Å². The van der Waals surface area contributed by atoms with Crippen LogP contribution < -0.4 is 0 Å². The van der Waals surface area contributed by atoms with Crippen LogP contribution in [0.3, 0.4) is 0 Å². The molecule has 116 valence electrons. The maximum Gasteiger partial charge on any atom is 0.325 e. The van der Waals surface area contributed by atoms with E-state index in [-0.39, 0.29) is 24.2 Å². The van der Waals surface area contributed by atoms with Crippen molar-refractivity contribution in [1.82, 2.24) is 0 Å². The molecular formula is C15H19FO4S. The fraction of sp³-hybridized carbons (Fsp3) is 0.533. The van der Waals surface area contributed by atoms with Crippen molar-refractivity contribution in [3.63, 3.8) is 0 Å². The summed E-state index contributed by atoms with van der Waals surface area (Å²) < 4.78 is 37.2. The van der Waals surface area contributed by atoms with E-state index in [0.717, 1.165) is 12.1 Å². The van der Waals surface area contributed by atoms with Gasteiger partial charge >= 0.3 is 5.97 Å². The lowest BCUT2D eigenvalue weighted by atomic mass is 9.62. The first kappa shape index (κ1) is 15.9. The lowest BCUT2D eigenvalue weighted by Crippen LogP contribution is -2.59. The highest BCUT2D eigenvalue weighted by molar-refractivity contribution is 7.93. The smallest absolute Gasteiger partial charge is 0.325 e. The zero-order valence-corrected chi connectivity index (χ0v) is 13.1. The second-order valence-electron chi connectivity index (χ2n) is 6.70. The second-order valence-corrected chi connectivity index (χ2v) is 8.93. The fourth-order valence-electron chi connectivity index (χ4n) is 2.73. The zero-order valence-electron chi connectivity index (χ0n) is 12.3. The summed E-state index contributed by atoms with van der Waals surface area (Å²) in [6.45, 7) is 5.83. The maximum absolute atomic E-state index is 13.8. The van der Waals surface area contributed by atoms with Gasteiger partial charge in [-0.2, -0.15) is 0 Å². The van der Waals surface area contributed by atoms with Crippen molar-refractivity contribution in [3.05, 3.63) is 30.1 Å². The van der Waals surface area contributed by atoms with Crippen LogP contribution in [0.5, 0.6) is 0 Å². The zero-order chi connectivity index (χ0) is 16.1. The number of carboxylic acid groups (broad SMARTS) is 1. The van der Waals surface area contributed by atoms with Gasteiger partial charge in [-0.1, -0.05) is 32.9 Å². The van der Waals surface area contributed by atoms with Crippen LogP contribution in [0.4, 0.5) is 4.39 Å². The Bertz CT molecular complexity index is 667. The van der Waals surface area contributed by atoms with Crippen LogP contribution in [0.25, 0.3) is 0 Å². The average Bonchev–Trinajstić information content (AvgIpc) is 2.24. The van der Waals surface area contributed by atoms with Crippen LogP contribution in [0, 0.1) is 17.2 Å². The molecule has 0 aromatic heterocycles. The van der Waals surface area contributed by atoms with E-state index in [2.05, 4.69) is 0 Å². The van der Waals surface area contributed by atoms with E-state index in [0.29, 0.717) is 0 Å². The van der Waals surface area contributed by atoms with Gasteiger partial charge in [0.1, 0.15) is 10.7 Å². The molecule has 0 amide bonds. The van der Waals surface area contributed by atoms with Crippen molar-refractivity contribution in [2.75, 3.05) is 0 Å². The Morgan fingerprint density at radius 3 is 2.24 bits per heavy atom. The Hall–Kier alpha value is -1.43. The molecule has 1 aromatic rings. The SMILES string of the molecule is CC(C)(C)C1CC(C(=O)O)(S(=O)(=O)c2ccccc2F)C1. The van der Waals surface area contributed by atoms with E-state index < -0.39 is 31.3 Å². The molecule has 1 aromatic carbocycles. The quantitative estimate of drug-likeness (QED) is 0.931. The first-order valence-corrected chi connectivity index (χ1v) is 8.23. The Kier molecular flexibility index (Phi) is 3.64. The van der Waals surface area contributed by atoms with E-state index >= 15 is 0 Å². The number of halogens is 1. The standard InChI is InChI=1S/C15H19FO4S/c1-14(2,3)10-8-15(9-10,13(17)18)21(19,20)12-7-5-4-6-11(12)16/h4-7,10H,8-9H2,1-3H3,(H,17,18). The van der Waals surface area contributed by atoms with Gasteiger partial charge in [0.15, 0.2) is 14.6 Å². The van der Waals surface area contributed by atoms with Crippen LogP contribution in [0.2, 0.25) is 0 Å². The Morgan fingerprint density at radius 2 is 1.81 bits per heavy atom. The summed E-state index contributed by atoms with van der Waals surface area (Å²) in [6.07, 6.45) is 0.0327. The van der Waals surface area contributed by atoms with Gasteiger partial charge < -0.3 is 5.11 Å². The summed E-state index contributed by atoms with van der Waals surface area (Å²) >= 11 is 0. The van der Waals surface area contributed by atoms with Crippen LogP contribution in [0.15, 0.2) is 29.2 Å². The number of benzene rings is 1. The van der Waals surface area contributed by atoms with E-state index in [4.69, 9.17) is 0 Å². The number of hydrogen-bond acceptors (Lipinski definition) is 3. The second kappa shape index (κ2) is 4.80. The molecule has 0 spiro atoms. The van der Waals surface area contributed by atoms with E-state index in [1.54, 1.807) is 0 Å². The highest BCUT2D eigenvalue weighted by Crippen LogP contribution is 2.53. The highest BCUT2D eigenvalue weighted by atomic mass is 32.2. The molecular weight excluding hydrogens is 295 g/mol. The van der Waals surface area contributed by atoms with Gasteiger partial charge in [0.25, 0.3) is 0 Å². The number of aliphatic carboxylic acids is 1. The molecule has 1 N–H and O–H groups in total. The minimum absolute atomic E-state index is 0.0164. The molecule has 0 atom stereocenters. The summed E-state index contributed by atoms with van der Waals surface area (Å²) in [4.78, 5) is 11.1. The Balaban J connectivity index is 2.47. The van der Waals surface area contributed by atoms with E-state index in [1.807, 2.05) is 20.8 Å². The predicted molar refractivity (Wildman–Crippen MR) is 76.1 cm³/mol. The van der Waals surface area contributed by atoms with Gasteiger partial charge in [0.2, 0.25) is 0 Å². The van der Waals surface area contributed by atoms with E-state index in [1.165, 1.54) is 12.1 Å². The van der Waals surface area contributed by atoms with Gasteiger partial charge in [0.05, 0.1) is 0 Å². The van der Waals surface area contributed by atoms with Crippen LogP contribution in [0.1, 0.15) is 33.6 Å². The molecule has 6 heteroatoms. The molecule has 1 fully saturated rings. The van der Waals surface area contributed by atoms with Crippen molar-refractivity contribution < 1.29 is 22.7 Å². The third-order valence-electron chi connectivity index (χ3n) is 4.41. The number of carboxylic acids is 1. The van der Waals surface area contributed by atoms with Crippen molar-refractivity contribution in [2.24, 2.45) is 11.3 Å². The predicted octanol–water partition coefficient (Wildman–Crippen LogP) is 2.88. The van der Waals surface area contributed by atoms with Crippen molar-refractivity contribution in [1.29, 1.82) is 0 Å². The van der Waals surface area contributed by atoms with Crippen molar-refractivity contribution in [3.8, 4) is 0 Å². The van der Waals surface area contributed by atoms with E-state index in [9.17, 15) is 22.7 Å².